The van der Waals surface area contributed by atoms with Gasteiger partial charge in [-0.05, 0) is 32.1 Å². The van der Waals surface area contributed by atoms with Crippen molar-refractivity contribution in [1.29, 1.82) is 0 Å². The van der Waals surface area contributed by atoms with Crippen LogP contribution in [-0.4, -0.2) is 40.1 Å². The quantitative estimate of drug-likeness (QED) is 0.842. The smallest absolute Gasteiger partial charge is 0.237 e. The van der Waals surface area contributed by atoms with Crippen LogP contribution in [-0.2, 0) is 4.79 Å². The molecule has 3 rings (SSSR count). The maximum absolute atomic E-state index is 12.3. The molecule has 1 saturated carbocycles. The zero-order chi connectivity index (χ0) is 12.4. The van der Waals surface area contributed by atoms with E-state index in [0.29, 0.717) is 12.6 Å². The van der Waals surface area contributed by atoms with Gasteiger partial charge in [0.25, 0.3) is 0 Å². The van der Waals surface area contributed by atoms with E-state index < -0.39 is 0 Å². The van der Waals surface area contributed by atoms with Gasteiger partial charge >= 0.3 is 0 Å². The fourth-order valence-corrected chi connectivity index (χ4v) is 2.64. The molecule has 18 heavy (non-hydrogen) atoms. The highest BCUT2D eigenvalue weighted by atomic mass is 16.2. The average Bonchev–Trinajstić information content (AvgIpc) is 3.08. The van der Waals surface area contributed by atoms with Gasteiger partial charge in [0.1, 0.15) is 0 Å². The van der Waals surface area contributed by atoms with Crippen LogP contribution in [0.25, 0.3) is 0 Å². The highest BCUT2D eigenvalue weighted by molar-refractivity contribution is 5.79. The fourth-order valence-electron chi connectivity index (χ4n) is 2.64. The summed E-state index contributed by atoms with van der Waals surface area (Å²) in [5, 5.41) is 10.1. The van der Waals surface area contributed by atoms with E-state index in [-0.39, 0.29) is 11.9 Å². The van der Waals surface area contributed by atoms with Crippen LogP contribution < -0.4 is 5.32 Å². The average molecular weight is 248 g/mol. The van der Waals surface area contributed by atoms with Gasteiger partial charge in [-0.1, -0.05) is 0 Å². The molecule has 1 amide bonds. The molecule has 2 aliphatic rings. The molecule has 1 aliphatic heterocycles. The molecule has 5 nitrogen and oxygen atoms in total. The SMILES string of the molecule is O=C(CNC1CC1)N1CCCC[C@H]1c1cn[nH]c1. The lowest BCUT2D eigenvalue weighted by molar-refractivity contribution is -0.134. The van der Waals surface area contributed by atoms with Gasteiger partial charge in [0.2, 0.25) is 5.91 Å². The number of H-pyrrole nitrogens is 1. The molecule has 5 heteroatoms. The topological polar surface area (TPSA) is 61.0 Å². The molecule has 0 aromatic carbocycles. The summed E-state index contributed by atoms with van der Waals surface area (Å²) in [6.07, 6.45) is 9.54. The summed E-state index contributed by atoms with van der Waals surface area (Å²) in [6, 6.07) is 0.803. The van der Waals surface area contributed by atoms with Crippen LogP contribution in [0.15, 0.2) is 12.4 Å². The Balaban J connectivity index is 1.64. The van der Waals surface area contributed by atoms with E-state index in [9.17, 15) is 4.79 Å². The zero-order valence-electron chi connectivity index (χ0n) is 10.6. The van der Waals surface area contributed by atoms with Crippen molar-refractivity contribution in [2.75, 3.05) is 13.1 Å². The van der Waals surface area contributed by atoms with E-state index >= 15 is 0 Å². The highest BCUT2D eigenvalue weighted by Crippen LogP contribution is 2.30. The van der Waals surface area contributed by atoms with E-state index in [2.05, 4.69) is 15.5 Å². The van der Waals surface area contributed by atoms with Crippen molar-refractivity contribution >= 4 is 5.91 Å². The predicted octanol–water partition coefficient (Wildman–Crippen LogP) is 1.22. The minimum absolute atomic E-state index is 0.214. The minimum atomic E-state index is 0.214. The number of nitrogens with one attached hydrogen (secondary N) is 2. The van der Waals surface area contributed by atoms with Crippen LogP contribution in [0.5, 0.6) is 0 Å². The van der Waals surface area contributed by atoms with Gasteiger partial charge in [0.05, 0.1) is 18.8 Å². The largest absolute Gasteiger partial charge is 0.334 e. The molecule has 0 bridgehead atoms. The van der Waals surface area contributed by atoms with Gasteiger partial charge in [-0.2, -0.15) is 5.10 Å². The molecule has 98 valence electrons. The van der Waals surface area contributed by atoms with Gasteiger partial charge in [-0.25, -0.2) is 0 Å². The molecule has 1 aliphatic carbocycles. The second kappa shape index (κ2) is 5.10. The first-order valence-electron chi connectivity index (χ1n) is 6.86. The number of hydrogen-bond donors (Lipinski definition) is 2. The highest BCUT2D eigenvalue weighted by Gasteiger charge is 2.29. The van der Waals surface area contributed by atoms with Gasteiger partial charge < -0.3 is 10.2 Å². The first kappa shape index (κ1) is 11.7. The molecule has 1 aromatic rings. The Hall–Kier alpha value is -1.36. The van der Waals surface area contributed by atoms with Gasteiger partial charge in [-0.3, -0.25) is 9.89 Å². The molecule has 1 aromatic heterocycles. The summed E-state index contributed by atoms with van der Waals surface area (Å²) in [6.45, 7) is 1.36. The molecule has 2 heterocycles. The number of nitrogens with zero attached hydrogens (tertiary/aromatic N) is 2. The Kier molecular flexibility index (Phi) is 3.32. The van der Waals surface area contributed by atoms with Crippen molar-refractivity contribution in [2.24, 2.45) is 0 Å². The lowest BCUT2D eigenvalue weighted by Crippen LogP contribution is -2.43. The number of rotatable bonds is 4. The van der Waals surface area contributed by atoms with Crippen LogP contribution in [0.2, 0.25) is 0 Å². The molecule has 0 radical (unpaired) electrons. The Labute approximate surface area is 107 Å². The van der Waals surface area contributed by atoms with E-state index in [1.165, 1.54) is 19.3 Å². The number of carbonyl (C=O) groups is 1. The van der Waals surface area contributed by atoms with E-state index in [1.54, 1.807) is 0 Å². The fraction of sp³-hybridized carbons (Fsp3) is 0.692. The predicted molar refractivity (Wildman–Crippen MR) is 67.9 cm³/mol. The number of likely N-dealkylation sites (tertiary alicyclic amines) is 1. The third-order valence-electron chi connectivity index (χ3n) is 3.85. The number of amides is 1. The van der Waals surface area contributed by atoms with Crippen molar-refractivity contribution in [3.8, 4) is 0 Å². The second-order valence-corrected chi connectivity index (χ2v) is 5.29. The Morgan fingerprint density at radius 3 is 3.06 bits per heavy atom. The van der Waals surface area contributed by atoms with Crippen LogP contribution >= 0.6 is 0 Å². The molecule has 0 unspecified atom stereocenters. The Bertz CT molecular complexity index is 399. The van der Waals surface area contributed by atoms with Crippen molar-refractivity contribution in [2.45, 2.75) is 44.2 Å². The van der Waals surface area contributed by atoms with Crippen LogP contribution in [0.3, 0.4) is 0 Å². The molecule has 1 atom stereocenters. The minimum Gasteiger partial charge on any atom is -0.334 e. The lowest BCUT2D eigenvalue weighted by Gasteiger charge is -2.35. The zero-order valence-corrected chi connectivity index (χ0v) is 10.6. The number of aromatic nitrogens is 2. The maximum atomic E-state index is 12.3. The molecule has 2 fully saturated rings. The van der Waals surface area contributed by atoms with Gasteiger partial charge in [-0.15, -0.1) is 0 Å². The third-order valence-corrected chi connectivity index (χ3v) is 3.85. The van der Waals surface area contributed by atoms with Crippen molar-refractivity contribution in [3.63, 3.8) is 0 Å². The first-order valence-corrected chi connectivity index (χ1v) is 6.86. The van der Waals surface area contributed by atoms with Crippen LogP contribution in [0, 0.1) is 0 Å². The van der Waals surface area contributed by atoms with Crippen LogP contribution in [0.4, 0.5) is 0 Å². The van der Waals surface area contributed by atoms with E-state index in [0.717, 1.165) is 24.9 Å². The van der Waals surface area contributed by atoms with Crippen LogP contribution in [0.1, 0.15) is 43.7 Å². The summed E-state index contributed by atoms with van der Waals surface area (Å²) < 4.78 is 0. The Morgan fingerprint density at radius 1 is 1.44 bits per heavy atom. The summed E-state index contributed by atoms with van der Waals surface area (Å²) in [4.78, 5) is 14.3. The standard InChI is InChI=1S/C13H20N4O/c18-13(9-14-11-4-5-11)17-6-2-1-3-12(17)10-7-15-16-8-10/h7-8,11-12,14H,1-6,9H2,(H,15,16)/t12-/m0/s1. The number of piperidine rings is 1. The van der Waals surface area contributed by atoms with Crippen molar-refractivity contribution in [3.05, 3.63) is 18.0 Å². The third kappa shape index (κ3) is 2.56. The molecule has 0 spiro atoms. The summed E-state index contributed by atoms with van der Waals surface area (Å²) in [5.74, 6) is 0.229. The Morgan fingerprint density at radius 2 is 2.33 bits per heavy atom. The summed E-state index contributed by atoms with van der Waals surface area (Å²) >= 11 is 0. The summed E-state index contributed by atoms with van der Waals surface area (Å²) in [7, 11) is 0. The first-order chi connectivity index (χ1) is 8.84. The monoisotopic (exact) mass is 248 g/mol. The maximum Gasteiger partial charge on any atom is 0.237 e. The number of carbonyl (C=O) groups excluding carboxylic acids is 1. The van der Waals surface area contributed by atoms with Gasteiger partial charge in [0.15, 0.2) is 0 Å². The number of hydrogen-bond acceptors (Lipinski definition) is 3. The molecule has 1 saturated heterocycles. The molecule has 2 N–H and O–H groups in total. The van der Waals surface area contributed by atoms with Crippen molar-refractivity contribution < 1.29 is 4.79 Å². The molecular formula is C13H20N4O. The number of aromatic amines is 1. The lowest BCUT2D eigenvalue weighted by atomic mass is 9.97. The van der Waals surface area contributed by atoms with E-state index in [1.807, 2.05) is 17.3 Å². The van der Waals surface area contributed by atoms with Gasteiger partial charge in [0, 0.05) is 24.3 Å². The van der Waals surface area contributed by atoms with Crippen molar-refractivity contribution in [1.82, 2.24) is 20.4 Å². The summed E-state index contributed by atoms with van der Waals surface area (Å²) in [5.41, 5.74) is 1.13. The second-order valence-electron chi connectivity index (χ2n) is 5.29. The molecular weight excluding hydrogens is 228 g/mol. The normalized spacial score (nSPS) is 24.2. The van der Waals surface area contributed by atoms with E-state index in [4.69, 9.17) is 0 Å².